The zero-order chi connectivity index (χ0) is 9.56. The van der Waals surface area contributed by atoms with Crippen LogP contribution in [-0.4, -0.2) is 24.0 Å². The lowest BCUT2D eigenvalue weighted by Crippen LogP contribution is -2.36. The molecule has 0 amide bonds. The quantitative estimate of drug-likeness (QED) is 0.572. The zero-order valence-corrected chi connectivity index (χ0v) is 9.17. The Morgan fingerprint density at radius 1 is 1.25 bits per heavy atom. The molecule has 0 aliphatic carbocycles. The third-order valence-corrected chi connectivity index (χ3v) is 2.69. The van der Waals surface area contributed by atoms with E-state index >= 15 is 0 Å². The van der Waals surface area contributed by atoms with Gasteiger partial charge in [0.05, 0.1) is 0 Å². The molecule has 0 aromatic carbocycles. The molecule has 0 saturated heterocycles. The molecule has 0 bridgehead atoms. The van der Waals surface area contributed by atoms with E-state index in [1.807, 2.05) is 0 Å². The third-order valence-electron chi connectivity index (χ3n) is 2.69. The highest BCUT2D eigenvalue weighted by Gasteiger charge is 2.12. The lowest BCUT2D eigenvalue weighted by Gasteiger charge is -2.29. The van der Waals surface area contributed by atoms with Gasteiger partial charge in [0, 0.05) is 12.1 Å². The normalized spacial score (nSPS) is 17.2. The maximum Gasteiger partial charge on any atom is 0.0101 e. The third kappa shape index (κ3) is 3.91. The summed E-state index contributed by atoms with van der Waals surface area (Å²) in [6.07, 6.45) is 6.76. The predicted molar refractivity (Wildman–Crippen MR) is 56.4 cm³/mol. The highest BCUT2D eigenvalue weighted by atomic mass is 15.1. The molecule has 0 aliphatic rings. The minimum atomic E-state index is 0.663. The van der Waals surface area contributed by atoms with Gasteiger partial charge in [-0.3, -0.25) is 0 Å². The van der Waals surface area contributed by atoms with Crippen LogP contribution in [-0.2, 0) is 0 Å². The summed E-state index contributed by atoms with van der Waals surface area (Å²) in [5.41, 5.74) is 0. The van der Waals surface area contributed by atoms with Crippen molar-refractivity contribution in [2.75, 3.05) is 7.05 Å². The van der Waals surface area contributed by atoms with E-state index in [0.717, 1.165) is 6.42 Å². The fourth-order valence-corrected chi connectivity index (χ4v) is 1.22. The van der Waals surface area contributed by atoms with E-state index < -0.39 is 0 Å². The van der Waals surface area contributed by atoms with Crippen LogP contribution >= 0.6 is 0 Å². The van der Waals surface area contributed by atoms with Crippen LogP contribution < -0.4 is 0 Å². The molecule has 0 heterocycles. The Hall–Kier alpha value is -0.300. The van der Waals surface area contributed by atoms with Gasteiger partial charge in [-0.2, -0.15) is 0 Å². The van der Waals surface area contributed by atoms with E-state index in [1.165, 1.54) is 6.42 Å². The Balaban J connectivity index is 3.82. The lowest BCUT2D eigenvalue weighted by atomic mass is 10.1. The van der Waals surface area contributed by atoms with Crippen molar-refractivity contribution in [3.63, 3.8) is 0 Å². The first-order valence-electron chi connectivity index (χ1n) is 4.96. The van der Waals surface area contributed by atoms with Crippen molar-refractivity contribution in [2.24, 2.45) is 0 Å². The summed E-state index contributed by atoms with van der Waals surface area (Å²) in [7, 11) is 2.21. The van der Waals surface area contributed by atoms with Gasteiger partial charge in [0.15, 0.2) is 0 Å². The van der Waals surface area contributed by atoms with Crippen molar-refractivity contribution in [3.8, 4) is 0 Å². The van der Waals surface area contributed by atoms with Crippen molar-refractivity contribution >= 4 is 0 Å². The molecule has 0 N–H and O–H groups in total. The Kier molecular flexibility index (Phi) is 6.09. The summed E-state index contributed by atoms with van der Waals surface area (Å²) >= 11 is 0. The minimum absolute atomic E-state index is 0.663. The van der Waals surface area contributed by atoms with E-state index in [4.69, 9.17) is 0 Å². The van der Waals surface area contributed by atoms with Gasteiger partial charge in [0.2, 0.25) is 0 Å². The van der Waals surface area contributed by atoms with E-state index in [0.29, 0.717) is 12.1 Å². The average molecular weight is 169 g/mol. The molecule has 0 aliphatic heterocycles. The first-order valence-corrected chi connectivity index (χ1v) is 4.96. The summed E-state index contributed by atoms with van der Waals surface area (Å²) in [6.45, 7) is 8.89. The summed E-state index contributed by atoms with van der Waals surface area (Å²) in [6, 6.07) is 1.36. The van der Waals surface area contributed by atoms with Crippen molar-refractivity contribution in [1.29, 1.82) is 0 Å². The fourth-order valence-electron chi connectivity index (χ4n) is 1.22. The van der Waals surface area contributed by atoms with Gasteiger partial charge < -0.3 is 4.90 Å². The Labute approximate surface area is 77.5 Å². The Morgan fingerprint density at radius 3 is 2.25 bits per heavy atom. The molecule has 0 aromatic heterocycles. The highest BCUT2D eigenvalue weighted by molar-refractivity contribution is 4.83. The Morgan fingerprint density at radius 2 is 1.83 bits per heavy atom. The van der Waals surface area contributed by atoms with Crippen LogP contribution in [0.3, 0.4) is 0 Å². The van der Waals surface area contributed by atoms with Crippen LogP contribution in [0.15, 0.2) is 12.2 Å². The van der Waals surface area contributed by atoms with Crippen molar-refractivity contribution < 1.29 is 0 Å². The topological polar surface area (TPSA) is 3.24 Å². The van der Waals surface area contributed by atoms with Gasteiger partial charge in [0.25, 0.3) is 0 Å². The van der Waals surface area contributed by atoms with Crippen LogP contribution in [0.2, 0.25) is 0 Å². The van der Waals surface area contributed by atoms with Crippen LogP contribution in [0.1, 0.15) is 40.5 Å². The predicted octanol–water partition coefficient (Wildman–Crippen LogP) is 3.07. The van der Waals surface area contributed by atoms with E-state index in [-0.39, 0.29) is 0 Å². The molecule has 0 saturated carbocycles. The number of rotatable bonds is 5. The van der Waals surface area contributed by atoms with Crippen LogP contribution in [0, 0.1) is 0 Å². The smallest absolute Gasteiger partial charge is 0.0101 e. The van der Waals surface area contributed by atoms with E-state index in [9.17, 15) is 0 Å². The van der Waals surface area contributed by atoms with Crippen molar-refractivity contribution in [1.82, 2.24) is 4.90 Å². The first-order chi connectivity index (χ1) is 5.63. The number of nitrogens with zero attached hydrogens (tertiary/aromatic N) is 1. The fraction of sp³-hybridized carbons (Fsp3) is 0.818. The molecule has 0 rings (SSSR count). The minimum Gasteiger partial charge on any atom is -0.301 e. The van der Waals surface area contributed by atoms with E-state index in [1.54, 1.807) is 0 Å². The zero-order valence-electron chi connectivity index (χ0n) is 9.17. The molecule has 0 unspecified atom stereocenters. The van der Waals surface area contributed by atoms with E-state index in [2.05, 4.69) is 51.8 Å². The van der Waals surface area contributed by atoms with Gasteiger partial charge in [-0.15, -0.1) is 0 Å². The molecule has 0 aromatic rings. The molecule has 0 radical (unpaired) electrons. The van der Waals surface area contributed by atoms with Gasteiger partial charge in [-0.25, -0.2) is 0 Å². The van der Waals surface area contributed by atoms with Gasteiger partial charge in [0.1, 0.15) is 0 Å². The second-order valence-corrected chi connectivity index (χ2v) is 3.58. The van der Waals surface area contributed by atoms with Crippen LogP contribution in [0.25, 0.3) is 0 Å². The SMILES string of the molecule is C/C=C/C[C@@H](C)N(C)[C@@H](C)CC. The molecule has 1 nitrogen and oxygen atoms in total. The number of allylic oxidation sites excluding steroid dienone is 1. The van der Waals surface area contributed by atoms with Gasteiger partial charge >= 0.3 is 0 Å². The van der Waals surface area contributed by atoms with Crippen LogP contribution in [0.4, 0.5) is 0 Å². The molecule has 12 heavy (non-hydrogen) atoms. The van der Waals surface area contributed by atoms with Crippen LogP contribution in [0.5, 0.6) is 0 Å². The van der Waals surface area contributed by atoms with Crippen molar-refractivity contribution in [2.45, 2.75) is 52.6 Å². The molecule has 1 heteroatoms. The molecule has 0 fully saturated rings. The molecule has 2 atom stereocenters. The first kappa shape index (κ1) is 11.7. The largest absolute Gasteiger partial charge is 0.301 e. The summed E-state index contributed by atoms with van der Waals surface area (Å²) in [5, 5.41) is 0. The second kappa shape index (κ2) is 6.24. The van der Waals surface area contributed by atoms with Gasteiger partial charge in [-0.05, 0) is 40.7 Å². The summed E-state index contributed by atoms with van der Waals surface area (Å²) < 4.78 is 0. The maximum absolute atomic E-state index is 2.44. The second-order valence-electron chi connectivity index (χ2n) is 3.58. The molecule has 0 spiro atoms. The highest BCUT2D eigenvalue weighted by Crippen LogP contribution is 2.08. The van der Waals surface area contributed by atoms with Crippen molar-refractivity contribution in [3.05, 3.63) is 12.2 Å². The maximum atomic E-state index is 2.44. The standard InChI is InChI=1S/C11H23N/c1-6-8-9-11(4)12(5)10(3)7-2/h6,8,10-11H,7,9H2,1-5H3/b8-6+/t10-,11+/m0/s1. The summed E-state index contributed by atoms with van der Waals surface area (Å²) in [4.78, 5) is 2.44. The molecular formula is C11H23N. The Bertz CT molecular complexity index is 129. The molecular weight excluding hydrogens is 146 g/mol. The number of hydrogen-bond acceptors (Lipinski definition) is 1. The summed E-state index contributed by atoms with van der Waals surface area (Å²) in [5.74, 6) is 0. The van der Waals surface area contributed by atoms with Gasteiger partial charge in [-0.1, -0.05) is 19.1 Å². The average Bonchev–Trinajstić information content (AvgIpc) is 2.11. The molecule has 72 valence electrons. The monoisotopic (exact) mass is 169 g/mol. The lowest BCUT2D eigenvalue weighted by molar-refractivity contribution is 0.192. The number of hydrogen-bond donors (Lipinski definition) is 0.